The maximum absolute atomic E-state index is 11.9. The van der Waals surface area contributed by atoms with E-state index in [2.05, 4.69) is 41.5 Å². The van der Waals surface area contributed by atoms with Gasteiger partial charge in [-0.2, -0.15) is 4.98 Å². The van der Waals surface area contributed by atoms with E-state index in [4.69, 9.17) is 9.26 Å². The van der Waals surface area contributed by atoms with Crippen molar-refractivity contribution in [2.75, 3.05) is 6.54 Å². The van der Waals surface area contributed by atoms with Gasteiger partial charge in [-0.15, -0.1) is 0 Å². The van der Waals surface area contributed by atoms with E-state index in [-0.39, 0.29) is 17.4 Å². The summed E-state index contributed by atoms with van der Waals surface area (Å²) in [6.45, 7) is 16.7. The molecule has 7 heteroatoms. The van der Waals surface area contributed by atoms with Gasteiger partial charge in [-0.25, -0.2) is 4.79 Å². The van der Waals surface area contributed by atoms with Crippen LogP contribution >= 0.6 is 0 Å². The van der Waals surface area contributed by atoms with Gasteiger partial charge in [0.2, 0.25) is 5.89 Å². The third-order valence-corrected chi connectivity index (χ3v) is 3.92. The summed E-state index contributed by atoms with van der Waals surface area (Å²) in [4.78, 5) is 16.2. The van der Waals surface area contributed by atoms with Gasteiger partial charge in [0, 0.05) is 18.0 Å². The van der Waals surface area contributed by atoms with Gasteiger partial charge >= 0.3 is 6.09 Å². The molecule has 1 aromatic rings. The van der Waals surface area contributed by atoms with Crippen LogP contribution in [-0.4, -0.2) is 33.9 Å². The molecule has 1 heterocycles. The Labute approximate surface area is 144 Å². The number of amides is 1. The molecule has 7 nitrogen and oxygen atoms in total. The predicted octanol–water partition coefficient (Wildman–Crippen LogP) is 3.22. The standard InChI is InChI=1S/C17H32N4O3/c1-11(2)14-20-13(24-21-14)9-19-17(8,12(3)4)10-18-15(22)23-16(5,6)7/h11-12,19H,9-10H2,1-8H3,(H,18,22)/t17-/m0/s1. The molecule has 1 aromatic heterocycles. The van der Waals surface area contributed by atoms with E-state index in [0.717, 1.165) is 0 Å². The van der Waals surface area contributed by atoms with Crippen molar-refractivity contribution in [1.82, 2.24) is 20.8 Å². The number of rotatable bonds is 7. The third-order valence-electron chi connectivity index (χ3n) is 3.92. The number of hydrogen-bond acceptors (Lipinski definition) is 6. The predicted molar refractivity (Wildman–Crippen MR) is 92.7 cm³/mol. The summed E-state index contributed by atoms with van der Waals surface area (Å²) < 4.78 is 10.5. The number of carbonyl (C=O) groups is 1. The maximum atomic E-state index is 11.9. The van der Waals surface area contributed by atoms with Crippen LogP contribution < -0.4 is 10.6 Å². The summed E-state index contributed by atoms with van der Waals surface area (Å²) in [6.07, 6.45) is -0.420. The van der Waals surface area contributed by atoms with E-state index >= 15 is 0 Å². The van der Waals surface area contributed by atoms with Crippen LogP contribution in [0.1, 0.15) is 73.0 Å². The first kappa shape index (κ1) is 20.4. The van der Waals surface area contributed by atoms with Crippen molar-refractivity contribution in [2.24, 2.45) is 5.92 Å². The maximum Gasteiger partial charge on any atom is 0.407 e. The van der Waals surface area contributed by atoms with Crippen LogP contribution in [0.5, 0.6) is 0 Å². The van der Waals surface area contributed by atoms with Gasteiger partial charge in [-0.3, -0.25) is 0 Å². The molecule has 0 aliphatic rings. The molecular formula is C17H32N4O3. The van der Waals surface area contributed by atoms with Gasteiger partial charge in [0.15, 0.2) is 5.82 Å². The Bertz CT molecular complexity index is 534. The summed E-state index contributed by atoms with van der Waals surface area (Å²) in [7, 11) is 0. The zero-order valence-electron chi connectivity index (χ0n) is 16.2. The van der Waals surface area contributed by atoms with E-state index < -0.39 is 11.7 Å². The second-order valence-electron chi connectivity index (χ2n) is 7.98. The van der Waals surface area contributed by atoms with Crippen LogP contribution in [0.3, 0.4) is 0 Å². The molecule has 0 bridgehead atoms. The molecule has 0 unspecified atom stereocenters. The Kier molecular flexibility index (Phi) is 6.77. The van der Waals surface area contributed by atoms with Crippen LogP contribution in [0, 0.1) is 5.92 Å². The lowest BCUT2D eigenvalue weighted by Crippen LogP contribution is -2.55. The summed E-state index contributed by atoms with van der Waals surface area (Å²) in [5.74, 6) is 1.75. The van der Waals surface area contributed by atoms with Crippen LogP contribution in [0.2, 0.25) is 0 Å². The number of ether oxygens (including phenoxy) is 1. The number of hydrogen-bond donors (Lipinski definition) is 2. The lowest BCUT2D eigenvalue weighted by molar-refractivity contribution is 0.0502. The molecule has 0 spiro atoms. The SMILES string of the molecule is CC(C)c1noc(CN[C@@](C)(CNC(=O)OC(C)(C)C)C(C)C)n1. The zero-order valence-corrected chi connectivity index (χ0v) is 16.2. The Morgan fingerprint density at radius 3 is 2.29 bits per heavy atom. The fraction of sp³-hybridized carbons (Fsp3) is 0.824. The number of carbonyl (C=O) groups excluding carboxylic acids is 1. The number of alkyl carbamates (subject to hydrolysis) is 1. The lowest BCUT2D eigenvalue weighted by Gasteiger charge is -2.35. The van der Waals surface area contributed by atoms with E-state index in [1.165, 1.54) is 0 Å². The fourth-order valence-electron chi connectivity index (χ4n) is 1.89. The average Bonchev–Trinajstić information content (AvgIpc) is 2.90. The van der Waals surface area contributed by atoms with Crippen LogP contribution in [0.25, 0.3) is 0 Å². The molecule has 1 atom stereocenters. The lowest BCUT2D eigenvalue weighted by atomic mass is 9.88. The van der Waals surface area contributed by atoms with Crippen LogP contribution in [0.15, 0.2) is 4.52 Å². The average molecular weight is 340 g/mol. The Morgan fingerprint density at radius 2 is 1.83 bits per heavy atom. The highest BCUT2D eigenvalue weighted by Crippen LogP contribution is 2.17. The van der Waals surface area contributed by atoms with Crippen molar-refractivity contribution >= 4 is 6.09 Å². The molecule has 1 amide bonds. The Hall–Kier alpha value is -1.63. The van der Waals surface area contributed by atoms with Gasteiger partial charge in [0.1, 0.15) is 5.60 Å². The third kappa shape index (κ3) is 6.47. The van der Waals surface area contributed by atoms with Crippen molar-refractivity contribution in [3.05, 3.63) is 11.7 Å². The molecule has 0 aliphatic carbocycles. The fourth-order valence-corrected chi connectivity index (χ4v) is 1.89. The minimum atomic E-state index is -0.511. The number of nitrogens with one attached hydrogen (secondary N) is 2. The topological polar surface area (TPSA) is 89.3 Å². The quantitative estimate of drug-likeness (QED) is 0.792. The summed E-state index contributed by atoms with van der Waals surface area (Å²) in [5.41, 5.74) is -0.841. The van der Waals surface area contributed by atoms with Gasteiger partial charge in [-0.1, -0.05) is 32.9 Å². The summed E-state index contributed by atoms with van der Waals surface area (Å²) >= 11 is 0. The largest absolute Gasteiger partial charge is 0.444 e. The zero-order chi connectivity index (χ0) is 18.5. The molecule has 0 fully saturated rings. The van der Waals surface area contributed by atoms with E-state index in [1.54, 1.807) is 0 Å². The highest BCUT2D eigenvalue weighted by molar-refractivity contribution is 5.67. The minimum Gasteiger partial charge on any atom is -0.444 e. The van der Waals surface area contributed by atoms with Crippen molar-refractivity contribution in [1.29, 1.82) is 0 Å². The molecule has 138 valence electrons. The second-order valence-corrected chi connectivity index (χ2v) is 7.98. The van der Waals surface area contributed by atoms with Gasteiger partial charge in [0.05, 0.1) is 6.54 Å². The van der Waals surface area contributed by atoms with Crippen molar-refractivity contribution in [3.8, 4) is 0 Å². The molecule has 0 saturated heterocycles. The highest BCUT2D eigenvalue weighted by Gasteiger charge is 2.30. The molecule has 24 heavy (non-hydrogen) atoms. The Morgan fingerprint density at radius 1 is 1.21 bits per heavy atom. The van der Waals surface area contributed by atoms with Crippen molar-refractivity contribution in [3.63, 3.8) is 0 Å². The molecular weight excluding hydrogens is 308 g/mol. The summed E-state index contributed by atoms with van der Waals surface area (Å²) in [5, 5.41) is 10.2. The number of aromatic nitrogens is 2. The van der Waals surface area contributed by atoms with Gasteiger partial charge < -0.3 is 19.9 Å². The smallest absolute Gasteiger partial charge is 0.407 e. The van der Waals surface area contributed by atoms with E-state index in [0.29, 0.717) is 24.8 Å². The van der Waals surface area contributed by atoms with Crippen LogP contribution in [0.4, 0.5) is 4.79 Å². The Balaban J connectivity index is 2.62. The molecule has 2 N–H and O–H groups in total. The monoisotopic (exact) mass is 340 g/mol. The molecule has 1 rings (SSSR count). The molecule has 0 radical (unpaired) electrons. The first-order valence-electron chi connectivity index (χ1n) is 8.47. The highest BCUT2D eigenvalue weighted by atomic mass is 16.6. The molecule has 0 saturated carbocycles. The second kappa shape index (κ2) is 7.96. The van der Waals surface area contributed by atoms with Crippen molar-refractivity contribution < 1.29 is 14.1 Å². The number of nitrogens with zero attached hydrogens (tertiary/aromatic N) is 2. The van der Waals surface area contributed by atoms with E-state index in [1.807, 2.05) is 34.6 Å². The summed E-state index contributed by atoms with van der Waals surface area (Å²) in [6, 6.07) is 0. The first-order chi connectivity index (χ1) is 10.9. The van der Waals surface area contributed by atoms with Gasteiger partial charge in [-0.05, 0) is 33.6 Å². The molecule has 0 aromatic carbocycles. The van der Waals surface area contributed by atoms with Crippen LogP contribution in [-0.2, 0) is 11.3 Å². The minimum absolute atomic E-state index is 0.229. The molecule has 0 aliphatic heterocycles. The van der Waals surface area contributed by atoms with Crippen molar-refractivity contribution in [2.45, 2.75) is 79.0 Å². The van der Waals surface area contributed by atoms with Gasteiger partial charge in [0.25, 0.3) is 0 Å². The van der Waals surface area contributed by atoms with E-state index in [9.17, 15) is 4.79 Å². The first-order valence-corrected chi connectivity index (χ1v) is 8.47. The normalized spacial score (nSPS) is 14.8.